The summed E-state index contributed by atoms with van der Waals surface area (Å²) < 4.78 is 15.9. The summed E-state index contributed by atoms with van der Waals surface area (Å²) in [5.41, 5.74) is 5.20. The fourth-order valence-electron chi connectivity index (χ4n) is 4.55. The zero-order chi connectivity index (χ0) is 23.2. The Morgan fingerprint density at radius 2 is 1.76 bits per heavy atom. The van der Waals surface area contributed by atoms with Crippen LogP contribution in [0.5, 0.6) is 0 Å². The van der Waals surface area contributed by atoms with Crippen LogP contribution in [0.4, 0.5) is 15.8 Å². The lowest BCUT2D eigenvalue weighted by Crippen LogP contribution is -2.29. The molecule has 0 saturated carbocycles. The highest BCUT2D eigenvalue weighted by Crippen LogP contribution is 2.34. The van der Waals surface area contributed by atoms with Crippen LogP contribution in [0.25, 0.3) is 44.7 Å². The lowest BCUT2D eigenvalue weighted by molar-refractivity contribution is 0.578. The zero-order valence-corrected chi connectivity index (χ0v) is 19.0. The van der Waals surface area contributed by atoms with Gasteiger partial charge in [0.25, 0.3) is 0 Å². The Kier molecular flexibility index (Phi) is 4.86. The molecular formula is C24H24FN9. The number of nitrogens with one attached hydrogen (secondary N) is 2. The fourth-order valence-corrected chi connectivity index (χ4v) is 4.55. The molecule has 0 spiro atoms. The maximum Gasteiger partial charge on any atom is 0.161 e. The van der Waals surface area contributed by atoms with Crippen LogP contribution in [0.15, 0.2) is 37.1 Å². The van der Waals surface area contributed by atoms with Crippen molar-refractivity contribution in [1.29, 1.82) is 0 Å². The lowest BCUT2D eigenvalue weighted by Gasteiger charge is -2.28. The van der Waals surface area contributed by atoms with Crippen LogP contribution in [0.2, 0.25) is 0 Å². The summed E-state index contributed by atoms with van der Waals surface area (Å²) in [6.45, 7) is 1.97. The van der Waals surface area contributed by atoms with Gasteiger partial charge in [0.15, 0.2) is 11.6 Å². The van der Waals surface area contributed by atoms with Gasteiger partial charge >= 0.3 is 0 Å². The van der Waals surface area contributed by atoms with E-state index >= 15 is 4.39 Å². The van der Waals surface area contributed by atoms with Gasteiger partial charge in [-0.05, 0) is 25.3 Å². The third-order valence-electron chi connectivity index (χ3n) is 6.35. The molecule has 6 rings (SSSR count). The number of imidazole rings is 1. The molecule has 6 heterocycles. The Labute approximate surface area is 195 Å². The molecule has 0 aliphatic carbocycles. The van der Waals surface area contributed by atoms with Crippen LogP contribution in [-0.2, 0) is 0 Å². The van der Waals surface area contributed by atoms with Crippen molar-refractivity contribution in [2.75, 3.05) is 37.0 Å². The largest absolute Gasteiger partial charge is 0.376 e. The average Bonchev–Trinajstić information content (AvgIpc) is 3.49. The normalized spacial score (nSPS) is 14.3. The maximum absolute atomic E-state index is 15.9. The van der Waals surface area contributed by atoms with E-state index in [0.29, 0.717) is 28.0 Å². The number of hydrogen-bond donors (Lipinski definition) is 2. The van der Waals surface area contributed by atoms with Gasteiger partial charge in [-0.25, -0.2) is 9.37 Å². The van der Waals surface area contributed by atoms with Gasteiger partial charge in [0.1, 0.15) is 16.9 Å². The van der Waals surface area contributed by atoms with E-state index in [1.54, 1.807) is 24.8 Å². The molecule has 1 aliphatic heterocycles. The van der Waals surface area contributed by atoms with Gasteiger partial charge in [0, 0.05) is 38.9 Å². The third kappa shape index (κ3) is 3.33. The summed E-state index contributed by atoms with van der Waals surface area (Å²) in [7, 11) is 3.83. The molecule has 0 amide bonds. The van der Waals surface area contributed by atoms with Crippen molar-refractivity contribution in [2.45, 2.75) is 19.3 Å². The molecule has 0 atom stereocenters. The van der Waals surface area contributed by atoms with E-state index in [-0.39, 0.29) is 5.69 Å². The van der Waals surface area contributed by atoms with Crippen LogP contribution >= 0.6 is 0 Å². The molecule has 9 nitrogen and oxygen atoms in total. The topological polar surface area (TPSA) is 103 Å². The van der Waals surface area contributed by atoms with Crippen molar-refractivity contribution in [2.24, 2.45) is 0 Å². The Bertz CT molecular complexity index is 1500. The van der Waals surface area contributed by atoms with E-state index in [1.807, 2.05) is 31.3 Å². The average molecular weight is 458 g/mol. The first kappa shape index (κ1) is 20.5. The second-order valence-corrected chi connectivity index (χ2v) is 8.80. The molecule has 1 aliphatic rings. The molecule has 0 unspecified atom stereocenters. The summed E-state index contributed by atoms with van der Waals surface area (Å²) in [4.78, 5) is 25.4. The number of aromatic nitrogens is 7. The maximum atomic E-state index is 15.9. The second kappa shape index (κ2) is 8.05. The van der Waals surface area contributed by atoms with Gasteiger partial charge in [0.05, 0.1) is 52.6 Å². The summed E-state index contributed by atoms with van der Waals surface area (Å²) in [5, 5.41) is 7.62. The number of pyridine rings is 3. The van der Waals surface area contributed by atoms with Crippen LogP contribution < -0.4 is 9.80 Å². The van der Waals surface area contributed by atoms with E-state index in [4.69, 9.17) is 4.98 Å². The number of fused-ring (bicyclic) bond motifs is 2. The van der Waals surface area contributed by atoms with Crippen molar-refractivity contribution in [3.8, 4) is 22.8 Å². The molecule has 5 aromatic heterocycles. The number of rotatable bonds is 4. The molecule has 0 radical (unpaired) electrons. The Morgan fingerprint density at radius 1 is 0.941 bits per heavy atom. The highest BCUT2D eigenvalue weighted by molar-refractivity contribution is 5.97. The molecule has 10 heteroatoms. The van der Waals surface area contributed by atoms with Gasteiger partial charge in [-0.1, -0.05) is 0 Å². The number of anilines is 2. The first-order chi connectivity index (χ1) is 16.6. The Hall–Kier alpha value is -4.08. The number of hydrogen-bond acceptors (Lipinski definition) is 7. The Morgan fingerprint density at radius 3 is 2.59 bits per heavy atom. The highest BCUT2D eigenvalue weighted by atomic mass is 19.1. The van der Waals surface area contributed by atoms with E-state index in [2.05, 4.69) is 35.0 Å². The molecule has 172 valence electrons. The van der Waals surface area contributed by atoms with Gasteiger partial charge in [-0.2, -0.15) is 5.10 Å². The van der Waals surface area contributed by atoms with E-state index in [9.17, 15) is 0 Å². The smallest absolute Gasteiger partial charge is 0.161 e. The summed E-state index contributed by atoms with van der Waals surface area (Å²) in [6, 6.07) is 1.86. The van der Waals surface area contributed by atoms with Crippen molar-refractivity contribution < 1.29 is 4.39 Å². The van der Waals surface area contributed by atoms with E-state index in [1.165, 1.54) is 6.42 Å². The molecule has 1 fully saturated rings. The van der Waals surface area contributed by atoms with Crippen LogP contribution in [-0.4, -0.2) is 62.3 Å². The minimum Gasteiger partial charge on any atom is -0.376 e. The molecule has 1 saturated heterocycles. The standard InChI is InChI=1S/C24H24FN9/c1-33(2)15-8-14(9-26-10-15)21-20(25)19-16(12-28-21)31-32-23(19)24-29-17-11-27-13-18(22(17)30-24)34-6-4-3-5-7-34/h8-13H,3-7H2,1-2H3,(H,29,30)(H,31,32). The van der Waals surface area contributed by atoms with Gasteiger partial charge < -0.3 is 14.8 Å². The zero-order valence-electron chi connectivity index (χ0n) is 19.0. The predicted octanol–water partition coefficient (Wildman–Crippen LogP) is 4.15. The van der Waals surface area contributed by atoms with Crippen molar-refractivity contribution in [1.82, 2.24) is 35.1 Å². The SMILES string of the molecule is CN(C)c1cncc(-c2ncc3[nH]nc(-c4nc5c(N6CCCCC6)cncc5[nH]4)c3c2F)c1. The van der Waals surface area contributed by atoms with Crippen LogP contribution in [0.1, 0.15) is 19.3 Å². The molecule has 0 bridgehead atoms. The van der Waals surface area contributed by atoms with Crippen molar-refractivity contribution in [3.63, 3.8) is 0 Å². The van der Waals surface area contributed by atoms with E-state index < -0.39 is 5.82 Å². The summed E-state index contributed by atoms with van der Waals surface area (Å²) >= 11 is 0. The number of H-pyrrole nitrogens is 2. The first-order valence-electron chi connectivity index (χ1n) is 11.3. The molecule has 2 N–H and O–H groups in total. The summed E-state index contributed by atoms with van der Waals surface area (Å²) in [6.07, 6.45) is 12.1. The molecule has 0 aromatic carbocycles. The number of piperidine rings is 1. The minimum atomic E-state index is -0.464. The number of aromatic amines is 2. The fraction of sp³-hybridized carbons (Fsp3) is 0.292. The first-order valence-corrected chi connectivity index (χ1v) is 11.3. The predicted molar refractivity (Wildman–Crippen MR) is 130 cm³/mol. The van der Waals surface area contributed by atoms with Crippen LogP contribution in [0.3, 0.4) is 0 Å². The molecule has 34 heavy (non-hydrogen) atoms. The number of halogens is 1. The van der Waals surface area contributed by atoms with E-state index in [0.717, 1.165) is 48.3 Å². The molecule has 5 aromatic rings. The van der Waals surface area contributed by atoms with Gasteiger partial charge in [-0.3, -0.25) is 20.1 Å². The van der Waals surface area contributed by atoms with Crippen LogP contribution in [0, 0.1) is 5.82 Å². The van der Waals surface area contributed by atoms with Gasteiger partial charge in [0.2, 0.25) is 0 Å². The highest BCUT2D eigenvalue weighted by Gasteiger charge is 2.22. The lowest BCUT2D eigenvalue weighted by atomic mass is 10.1. The monoisotopic (exact) mass is 457 g/mol. The summed E-state index contributed by atoms with van der Waals surface area (Å²) in [5.74, 6) is 0.0255. The Balaban J connectivity index is 1.48. The second-order valence-electron chi connectivity index (χ2n) is 8.80. The van der Waals surface area contributed by atoms with Crippen molar-refractivity contribution in [3.05, 3.63) is 42.9 Å². The van der Waals surface area contributed by atoms with Gasteiger partial charge in [-0.15, -0.1) is 0 Å². The third-order valence-corrected chi connectivity index (χ3v) is 6.35. The molecular weight excluding hydrogens is 433 g/mol. The minimum absolute atomic E-state index is 0.220. The van der Waals surface area contributed by atoms with Crippen molar-refractivity contribution >= 4 is 33.3 Å². The quantitative estimate of drug-likeness (QED) is 0.418. The number of nitrogens with zero attached hydrogens (tertiary/aromatic N) is 7.